The quantitative estimate of drug-likeness (QED) is 0.157. The Morgan fingerprint density at radius 2 is 1.06 bits per heavy atom. The van der Waals surface area contributed by atoms with E-state index in [9.17, 15) is 19.2 Å². The number of aryl methyl sites for hydroxylation is 4. The molecule has 10 aliphatic rings. The molecule has 64 heavy (non-hydrogen) atoms. The number of aromatic nitrogens is 4. The number of nitrogens with zero attached hydrogens (tertiary/aromatic N) is 4. The second-order valence-corrected chi connectivity index (χ2v) is 20.0. The lowest BCUT2D eigenvalue weighted by atomic mass is 9.68. The van der Waals surface area contributed by atoms with Gasteiger partial charge in [0, 0.05) is 23.2 Å². The molecule has 336 valence electrons. The molecule has 0 spiro atoms. The van der Waals surface area contributed by atoms with Crippen molar-refractivity contribution >= 4 is 24.0 Å². The van der Waals surface area contributed by atoms with Crippen LogP contribution in [0, 0.1) is 35.5 Å². The molecule has 2 aromatic heterocycles. The first-order valence-electron chi connectivity index (χ1n) is 23.8. The van der Waals surface area contributed by atoms with Crippen LogP contribution in [0.15, 0.2) is 48.8 Å². The molecule has 6 fully saturated rings. The van der Waals surface area contributed by atoms with E-state index < -0.39 is 24.3 Å². The van der Waals surface area contributed by atoms with Crippen molar-refractivity contribution in [1.29, 1.82) is 0 Å². The number of benzene rings is 2. The van der Waals surface area contributed by atoms with Crippen LogP contribution in [-0.2, 0) is 44.7 Å². The predicted molar refractivity (Wildman–Crippen MR) is 237 cm³/mol. The maximum Gasteiger partial charge on any atom is 0.407 e. The van der Waals surface area contributed by atoms with Crippen LogP contribution in [0.4, 0.5) is 9.59 Å². The fourth-order valence-electron chi connectivity index (χ4n) is 13.8. The molecule has 14 heteroatoms. The first kappa shape index (κ1) is 41.1. The van der Waals surface area contributed by atoms with E-state index >= 15 is 0 Å². The Bertz CT molecular complexity index is 2310. The number of H-pyrrole nitrogens is 2. The summed E-state index contributed by atoms with van der Waals surface area (Å²) in [5, 5.41) is 5.77. The lowest BCUT2D eigenvalue weighted by Gasteiger charge is -2.49. The molecule has 6 aliphatic carbocycles. The van der Waals surface area contributed by atoms with Gasteiger partial charge in [-0.3, -0.25) is 9.59 Å². The highest BCUT2D eigenvalue weighted by Crippen LogP contribution is 2.55. The van der Waals surface area contributed by atoms with Crippen molar-refractivity contribution in [2.24, 2.45) is 35.5 Å². The van der Waals surface area contributed by atoms with Crippen molar-refractivity contribution in [3.05, 3.63) is 82.7 Å². The SMILES string of the molecule is COC(=O)N[C@@H]1C(=O)N2C3C(CCCC3C1C)C[C@H]2c1ncc(-c2cc3c(-c4cnc([C@@H]5CC6CCCC7C(C)[C@H](NC(=O)OC)C(=O)N5C67)[nH]4)cc2CCc2ccc(cc2)CC3)[nH]1. The second-order valence-electron chi connectivity index (χ2n) is 20.0. The van der Waals surface area contributed by atoms with Gasteiger partial charge in [0.15, 0.2) is 0 Å². The van der Waals surface area contributed by atoms with E-state index in [0.29, 0.717) is 23.7 Å². The molecule has 14 nitrogen and oxygen atoms in total. The van der Waals surface area contributed by atoms with Gasteiger partial charge in [-0.25, -0.2) is 19.6 Å². The van der Waals surface area contributed by atoms with Crippen molar-refractivity contribution in [1.82, 2.24) is 40.4 Å². The lowest BCUT2D eigenvalue weighted by molar-refractivity contribution is -0.148. The molecule has 4 saturated heterocycles. The van der Waals surface area contributed by atoms with E-state index in [0.717, 1.165) is 111 Å². The monoisotopic (exact) mass is 868 g/mol. The number of carbonyl (C=O) groups excluding carboxylic acids is 4. The van der Waals surface area contributed by atoms with Crippen molar-refractivity contribution in [2.45, 2.75) is 127 Å². The number of ether oxygens (including phenoxy) is 2. The van der Waals surface area contributed by atoms with Crippen LogP contribution in [0.25, 0.3) is 22.5 Å². The highest BCUT2D eigenvalue weighted by Gasteiger charge is 2.59. The molecular formula is C50H60N8O6. The third-order valence-electron chi connectivity index (χ3n) is 16.9. The average molecular weight is 869 g/mol. The number of nitrogens with one attached hydrogen (secondary N) is 4. The summed E-state index contributed by atoms with van der Waals surface area (Å²) in [6.45, 7) is 4.21. The van der Waals surface area contributed by atoms with Gasteiger partial charge in [-0.05, 0) is 134 Å². The van der Waals surface area contributed by atoms with Crippen LogP contribution in [0.2, 0.25) is 0 Å². The topological polar surface area (TPSA) is 175 Å². The predicted octanol–water partition coefficient (Wildman–Crippen LogP) is 7.22. The molecule has 0 radical (unpaired) electrons. The minimum atomic E-state index is -0.640. The zero-order valence-corrected chi connectivity index (χ0v) is 37.3. The average Bonchev–Trinajstić information content (AvgIpc) is 4.14. The molecule has 6 heterocycles. The van der Waals surface area contributed by atoms with Crippen molar-refractivity contribution in [3.63, 3.8) is 0 Å². The minimum Gasteiger partial charge on any atom is -0.453 e. The van der Waals surface area contributed by atoms with Gasteiger partial charge >= 0.3 is 12.2 Å². The first-order valence-corrected chi connectivity index (χ1v) is 23.8. The van der Waals surface area contributed by atoms with Gasteiger partial charge in [0.2, 0.25) is 11.8 Å². The second kappa shape index (κ2) is 16.1. The largest absolute Gasteiger partial charge is 0.453 e. The molecule has 4 N–H and O–H groups in total. The van der Waals surface area contributed by atoms with E-state index in [1.807, 2.05) is 12.4 Å². The van der Waals surface area contributed by atoms with Crippen LogP contribution in [-0.4, -0.2) is 92.1 Å². The van der Waals surface area contributed by atoms with E-state index in [1.165, 1.54) is 36.5 Å². The van der Waals surface area contributed by atoms with Gasteiger partial charge in [0.1, 0.15) is 23.7 Å². The summed E-state index contributed by atoms with van der Waals surface area (Å²) >= 11 is 0. The smallest absolute Gasteiger partial charge is 0.407 e. The van der Waals surface area contributed by atoms with E-state index in [2.05, 4.69) is 80.6 Å². The fraction of sp³-hybridized carbons (Fsp3) is 0.560. The van der Waals surface area contributed by atoms with Crippen molar-refractivity contribution in [2.75, 3.05) is 14.2 Å². The molecule has 2 saturated carbocycles. The number of rotatable bonds is 6. The number of alkyl carbamates (subject to hydrolysis) is 2. The maximum atomic E-state index is 14.4. The van der Waals surface area contributed by atoms with Crippen molar-refractivity contribution in [3.8, 4) is 22.5 Å². The minimum absolute atomic E-state index is 0.0170. The maximum absolute atomic E-state index is 14.4. The molecular weight excluding hydrogens is 809 g/mol. The molecule has 8 unspecified atom stereocenters. The molecule has 4 aromatic rings. The Morgan fingerprint density at radius 3 is 1.47 bits per heavy atom. The van der Waals surface area contributed by atoms with Crippen LogP contribution < -0.4 is 10.6 Å². The first-order chi connectivity index (χ1) is 31.1. The number of piperidine rings is 2. The Labute approximate surface area is 374 Å². The van der Waals surface area contributed by atoms with Gasteiger partial charge < -0.3 is 39.9 Å². The summed E-state index contributed by atoms with van der Waals surface area (Å²) < 4.78 is 9.91. The molecule has 14 rings (SSSR count). The Kier molecular flexibility index (Phi) is 10.3. The molecule has 4 aliphatic heterocycles. The number of hydrogen-bond donors (Lipinski definition) is 4. The number of methoxy groups -OCH3 is 2. The standard InChI is InChI=1S/C50H60N8O6/c1-25-33-9-5-7-31-21-39(57(43(31)33)47(59)41(25)55-49(61)63-3)45-51-23-37(53-45)35-19-30-18-16-28-13-11-27(12-14-28)15-17-29(35)20-36(30)38-24-52-46(54-38)40-22-32-8-6-10-34-26(2)42(56-50(62)64-4)48(60)58(40)44(32)34/h11-14,19-20,23-26,31-34,39-44H,5-10,15-18,21-22H2,1-4H3,(H,51,53)(H,52,54)(H,55,61)(H,56,62)/t25?,26?,31?,32?,33?,34?,39-,40-,41-,42-,43?,44?/m0/s1. The number of carbonyl (C=O) groups is 4. The number of amides is 4. The number of aromatic amines is 2. The number of hydrogen-bond acceptors (Lipinski definition) is 8. The van der Waals surface area contributed by atoms with Crippen LogP contribution >= 0.6 is 0 Å². The van der Waals surface area contributed by atoms with Gasteiger partial charge in [0.25, 0.3) is 0 Å². The Balaban J connectivity index is 0.937. The van der Waals surface area contributed by atoms with Gasteiger partial charge in [-0.2, -0.15) is 0 Å². The van der Waals surface area contributed by atoms with E-state index in [-0.39, 0.29) is 47.8 Å². The molecule has 4 bridgehead atoms. The van der Waals surface area contributed by atoms with Gasteiger partial charge in [-0.1, -0.05) is 51.0 Å². The Morgan fingerprint density at radius 1 is 0.641 bits per heavy atom. The van der Waals surface area contributed by atoms with Crippen LogP contribution in [0.3, 0.4) is 0 Å². The Hall–Kier alpha value is -5.66. The summed E-state index contributed by atoms with van der Waals surface area (Å²) in [4.78, 5) is 75.4. The third kappa shape index (κ3) is 6.71. The summed E-state index contributed by atoms with van der Waals surface area (Å²) in [6, 6.07) is 12.2. The van der Waals surface area contributed by atoms with Crippen LogP contribution in [0.1, 0.15) is 111 Å². The third-order valence-corrected chi connectivity index (χ3v) is 16.9. The molecule has 2 aromatic carbocycles. The molecule has 12 atom stereocenters. The van der Waals surface area contributed by atoms with Crippen LogP contribution in [0.5, 0.6) is 0 Å². The van der Waals surface area contributed by atoms with Crippen molar-refractivity contribution < 1.29 is 28.7 Å². The van der Waals surface area contributed by atoms with Gasteiger partial charge in [-0.15, -0.1) is 0 Å². The summed E-state index contributed by atoms with van der Waals surface area (Å²) in [5.74, 6) is 2.90. The summed E-state index contributed by atoms with van der Waals surface area (Å²) in [5.41, 5.74) is 9.01. The zero-order chi connectivity index (χ0) is 44.0. The summed E-state index contributed by atoms with van der Waals surface area (Å²) in [6.07, 6.45) is 14.2. The summed E-state index contributed by atoms with van der Waals surface area (Å²) in [7, 11) is 2.68. The fourth-order valence-corrected chi connectivity index (χ4v) is 13.8. The molecule has 4 amide bonds. The van der Waals surface area contributed by atoms with E-state index in [1.54, 1.807) is 0 Å². The highest BCUT2D eigenvalue weighted by atomic mass is 16.5. The normalized spacial score (nSPS) is 32.7. The lowest BCUT2D eigenvalue weighted by Crippen LogP contribution is -2.63. The highest BCUT2D eigenvalue weighted by molar-refractivity contribution is 5.89. The zero-order valence-electron chi connectivity index (χ0n) is 37.3. The van der Waals surface area contributed by atoms with Gasteiger partial charge in [0.05, 0.1) is 50.1 Å². The number of imidazole rings is 2. The van der Waals surface area contributed by atoms with E-state index in [4.69, 9.17) is 19.4 Å².